The fourth-order valence-electron chi connectivity index (χ4n) is 2.31. The van der Waals surface area contributed by atoms with Gasteiger partial charge in [0.15, 0.2) is 11.5 Å². The number of ether oxygens (including phenoxy) is 2. The van der Waals surface area contributed by atoms with Crippen LogP contribution in [0.3, 0.4) is 0 Å². The maximum atomic E-state index is 11.3. The van der Waals surface area contributed by atoms with E-state index in [4.69, 9.17) is 9.47 Å². The SMILES string of the molecule is COc1ccc(N=C2CCC(=O)C2)cc1OCC1CC1. The topological polar surface area (TPSA) is 47.9 Å². The minimum atomic E-state index is 0.280. The van der Waals surface area contributed by atoms with Crippen molar-refractivity contribution in [2.24, 2.45) is 10.9 Å². The number of benzene rings is 1. The fourth-order valence-corrected chi connectivity index (χ4v) is 2.31. The molecule has 20 heavy (non-hydrogen) atoms. The zero-order valence-corrected chi connectivity index (χ0v) is 11.7. The number of methoxy groups -OCH3 is 1. The molecule has 1 aromatic carbocycles. The zero-order valence-electron chi connectivity index (χ0n) is 11.7. The Morgan fingerprint density at radius 2 is 2.10 bits per heavy atom. The van der Waals surface area contributed by atoms with Gasteiger partial charge in [0, 0.05) is 24.6 Å². The van der Waals surface area contributed by atoms with Gasteiger partial charge in [-0.2, -0.15) is 0 Å². The van der Waals surface area contributed by atoms with Crippen LogP contribution in [0, 0.1) is 5.92 Å². The number of ketones is 1. The second kappa shape index (κ2) is 5.65. The van der Waals surface area contributed by atoms with E-state index in [0.29, 0.717) is 18.8 Å². The number of Topliss-reactive ketones (excluding diaryl/α,β-unsaturated/α-hetero) is 1. The molecule has 2 fully saturated rings. The first-order chi connectivity index (χ1) is 9.74. The van der Waals surface area contributed by atoms with Crippen molar-refractivity contribution in [3.63, 3.8) is 0 Å². The molecule has 4 heteroatoms. The first-order valence-corrected chi connectivity index (χ1v) is 7.13. The van der Waals surface area contributed by atoms with Crippen LogP contribution in [-0.2, 0) is 4.79 Å². The summed E-state index contributed by atoms with van der Waals surface area (Å²) in [6.45, 7) is 0.745. The summed E-state index contributed by atoms with van der Waals surface area (Å²) in [5.74, 6) is 2.45. The molecule has 0 N–H and O–H groups in total. The van der Waals surface area contributed by atoms with Crippen LogP contribution >= 0.6 is 0 Å². The van der Waals surface area contributed by atoms with Crippen molar-refractivity contribution in [3.05, 3.63) is 18.2 Å². The fraction of sp³-hybridized carbons (Fsp3) is 0.500. The number of nitrogens with zero attached hydrogens (tertiary/aromatic N) is 1. The Bertz CT molecular complexity index is 547. The van der Waals surface area contributed by atoms with E-state index < -0.39 is 0 Å². The van der Waals surface area contributed by atoms with Crippen LogP contribution < -0.4 is 9.47 Å². The van der Waals surface area contributed by atoms with Gasteiger partial charge in [-0.25, -0.2) is 0 Å². The number of aliphatic imine (C=N–C) groups is 1. The molecule has 0 amide bonds. The molecular formula is C16H19NO3. The van der Waals surface area contributed by atoms with Crippen LogP contribution in [0.15, 0.2) is 23.2 Å². The number of hydrogen-bond acceptors (Lipinski definition) is 4. The minimum absolute atomic E-state index is 0.280. The van der Waals surface area contributed by atoms with E-state index in [0.717, 1.165) is 35.9 Å². The van der Waals surface area contributed by atoms with Gasteiger partial charge in [-0.15, -0.1) is 0 Å². The summed E-state index contributed by atoms with van der Waals surface area (Å²) in [6, 6.07) is 5.67. The molecule has 0 saturated heterocycles. The third-order valence-corrected chi connectivity index (χ3v) is 3.70. The van der Waals surface area contributed by atoms with E-state index in [1.165, 1.54) is 12.8 Å². The number of carbonyl (C=O) groups excluding carboxylic acids is 1. The van der Waals surface area contributed by atoms with Gasteiger partial charge in [0.1, 0.15) is 5.78 Å². The first kappa shape index (κ1) is 13.2. The molecule has 106 valence electrons. The van der Waals surface area contributed by atoms with Gasteiger partial charge in [-0.3, -0.25) is 9.79 Å². The average Bonchev–Trinajstić information content (AvgIpc) is 3.19. The van der Waals surface area contributed by atoms with Crippen molar-refractivity contribution >= 4 is 17.2 Å². The van der Waals surface area contributed by atoms with E-state index in [1.54, 1.807) is 7.11 Å². The summed E-state index contributed by atoms with van der Waals surface area (Å²) in [5.41, 5.74) is 1.80. The maximum Gasteiger partial charge on any atom is 0.163 e. The lowest BCUT2D eigenvalue weighted by atomic mass is 10.2. The predicted octanol–water partition coefficient (Wildman–Crippen LogP) is 3.31. The van der Waals surface area contributed by atoms with E-state index in [-0.39, 0.29) is 5.78 Å². The molecule has 0 radical (unpaired) electrons. The predicted molar refractivity (Wildman–Crippen MR) is 77.2 cm³/mol. The molecule has 2 aliphatic rings. The second-order valence-corrected chi connectivity index (χ2v) is 5.48. The smallest absolute Gasteiger partial charge is 0.163 e. The highest BCUT2D eigenvalue weighted by Gasteiger charge is 2.22. The Balaban J connectivity index is 1.76. The molecule has 0 heterocycles. The Morgan fingerprint density at radius 1 is 1.25 bits per heavy atom. The quantitative estimate of drug-likeness (QED) is 0.827. The summed E-state index contributed by atoms with van der Waals surface area (Å²) in [7, 11) is 1.64. The maximum absolute atomic E-state index is 11.3. The third-order valence-electron chi connectivity index (χ3n) is 3.70. The monoisotopic (exact) mass is 273 g/mol. The van der Waals surface area contributed by atoms with Gasteiger partial charge in [-0.1, -0.05) is 0 Å². The van der Waals surface area contributed by atoms with E-state index in [9.17, 15) is 4.79 Å². The number of hydrogen-bond donors (Lipinski definition) is 0. The Morgan fingerprint density at radius 3 is 2.75 bits per heavy atom. The lowest BCUT2D eigenvalue weighted by molar-refractivity contribution is -0.116. The lowest BCUT2D eigenvalue weighted by Crippen LogP contribution is -2.00. The third kappa shape index (κ3) is 3.18. The van der Waals surface area contributed by atoms with Gasteiger partial charge < -0.3 is 9.47 Å². The molecular weight excluding hydrogens is 254 g/mol. The summed E-state index contributed by atoms with van der Waals surface area (Å²) >= 11 is 0. The van der Waals surface area contributed by atoms with E-state index >= 15 is 0 Å². The largest absolute Gasteiger partial charge is 0.493 e. The standard InChI is InChI=1S/C16H19NO3/c1-19-15-7-5-13(17-12-4-6-14(18)8-12)9-16(15)20-10-11-2-3-11/h5,7,9,11H,2-4,6,8,10H2,1H3. The molecule has 0 aliphatic heterocycles. The molecule has 0 unspecified atom stereocenters. The zero-order chi connectivity index (χ0) is 13.9. The normalized spacial score (nSPS) is 20.4. The van der Waals surface area contributed by atoms with Crippen LogP contribution in [0.1, 0.15) is 32.1 Å². The van der Waals surface area contributed by atoms with Gasteiger partial charge in [0.05, 0.1) is 19.4 Å². The van der Waals surface area contributed by atoms with Gasteiger partial charge in [0.2, 0.25) is 0 Å². The summed E-state index contributed by atoms with van der Waals surface area (Å²) < 4.78 is 11.1. The van der Waals surface area contributed by atoms with Crippen molar-refractivity contribution in [1.82, 2.24) is 0 Å². The van der Waals surface area contributed by atoms with Gasteiger partial charge >= 0.3 is 0 Å². The minimum Gasteiger partial charge on any atom is -0.493 e. The molecule has 1 aromatic rings. The highest BCUT2D eigenvalue weighted by Crippen LogP contribution is 2.35. The van der Waals surface area contributed by atoms with Crippen LogP contribution in [0.2, 0.25) is 0 Å². The molecule has 2 aliphatic carbocycles. The van der Waals surface area contributed by atoms with Crippen LogP contribution in [0.25, 0.3) is 0 Å². The van der Waals surface area contributed by atoms with Crippen molar-refractivity contribution in [2.45, 2.75) is 32.1 Å². The van der Waals surface area contributed by atoms with Gasteiger partial charge in [0.25, 0.3) is 0 Å². The van der Waals surface area contributed by atoms with E-state index in [2.05, 4.69) is 4.99 Å². The Labute approximate surface area is 118 Å². The summed E-state index contributed by atoms with van der Waals surface area (Å²) in [5, 5.41) is 0. The summed E-state index contributed by atoms with van der Waals surface area (Å²) in [4.78, 5) is 15.8. The van der Waals surface area contributed by atoms with Crippen molar-refractivity contribution in [2.75, 3.05) is 13.7 Å². The van der Waals surface area contributed by atoms with Crippen LogP contribution in [-0.4, -0.2) is 25.2 Å². The molecule has 0 atom stereocenters. The second-order valence-electron chi connectivity index (χ2n) is 5.48. The molecule has 0 aromatic heterocycles. The molecule has 3 rings (SSSR count). The van der Waals surface area contributed by atoms with E-state index in [1.807, 2.05) is 18.2 Å². The highest BCUT2D eigenvalue weighted by molar-refractivity contribution is 6.09. The first-order valence-electron chi connectivity index (χ1n) is 7.13. The summed E-state index contributed by atoms with van der Waals surface area (Å²) in [6.07, 6.45) is 4.41. The molecule has 0 spiro atoms. The highest BCUT2D eigenvalue weighted by atomic mass is 16.5. The number of rotatable bonds is 5. The average molecular weight is 273 g/mol. The molecule has 0 bridgehead atoms. The van der Waals surface area contributed by atoms with Crippen molar-refractivity contribution in [3.8, 4) is 11.5 Å². The Kier molecular flexibility index (Phi) is 3.72. The van der Waals surface area contributed by atoms with Crippen LogP contribution in [0.4, 0.5) is 5.69 Å². The molecule has 4 nitrogen and oxygen atoms in total. The van der Waals surface area contributed by atoms with Gasteiger partial charge in [-0.05, 0) is 37.3 Å². The number of carbonyl (C=O) groups is 1. The Hall–Kier alpha value is -1.84. The van der Waals surface area contributed by atoms with Crippen molar-refractivity contribution < 1.29 is 14.3 Å². The lowest BCUT2D eigenvalue weighted by Gasteiger charge is -2.11. The molecule has 2 saturated carbocycles. The van der Waals surface area contributed by atoms with Crippen LogP contribution in [0.5, 0.6) is 11.5 Å². The van der Waals surface area contributed by atoms with Crippen molar-refractivity contribution in [1.29, 1.82) is 0 Å².